The first-order chi connectivity index (χ1) is 41.6. The highest BCUT2D eigenvalue weighted by Gasteiger charge is 2.15. The van der Waals surface area contributed by atoms with Crippen molar-refractivity contribution >= 4 is 72.1 Å². The van der Waals surface area contributed by atoms with Crippen LogP contribution in [-0.4, -0.2) is 0 Å². The molecule has 0 bridgehead atoms. The van der Waals surface area contributed by atoms with E-state index in [4.69, 9.17) is 0 Å². The molecule has 0 N–H and O–H groups in total. The van der Waals surface area contributed by atoms with Crippen LogP contribution >= 0.6 is 0 Å². The lowest BCUT2D eigenvalue weighted by Gasteiger charge is -2.19. The van der Waals surface area contributed by atoms with E-state index in [1.165, 1.54) is 145 Å². The first-order valence-corrected chi connectivity index (χ1v) is 29.7. The molecule has 402 valence electrons. The van der Waals surface area contributed by atoms with Crippen molar-refractivity contribution in [2.45, 2.75) is 38.5 Å². The minimum absolute atomic E-state index is 1.04. The van der Waals surface area contributed by atoms with Crippen molar-refractivity contribution < 1.29 is 0 Å². The molecule has 0 saturated heterocycles. The van der Waals surface area contributed by atoms with Crippen LogP contribution in [0.1, 0.15) is 66.8 Å². The number of benzene rings is 14. The summed E-state index contributed by atoms with van der Waals surface area (Å²) in [5.74, 6) is 0. The summed E-state index contributed by atoms with van der Waals surface area (Å²) in [5.41, 5.74) is 20.2. The van der Waals surface area contributed by atoms with Gasteiger partial charge < -0.3 is 0 Å². The minimum Gasteiger partial charge on any atom is -0.0795 e. The van der Waals surface area contributed by atoms with Crippen LogP contribution in [0.5, 0.6) is 0 Å². The van der Waals surface area contributed by atoms with Gasteiger partial charge in [-0.1, -0.05) is 315 Å². The summed E-state index contributed by atoms with van der Waals surface area (Å²) in [7, 11) is 0. The molecule has 0 spiro atoms. The number of hydrogen-bond donors (Lipinski definition) is 0. The van der Waals surface area contributed by atoms with Crippen molar-refractivity contribution in [2.24, 2.45) is 0 Å². The average Bonchev–Trinajstić information content (AvgIpc) is 4.14. The van der Waals surface area contributed by atoms with Crippen molar-refractivity contribution in [3.05, 3.63) is 376 Å². The maximum atomic E-state index is 2.24. The zero-order valence-electron chi connectivity index (χ0n) is 47.4. The molecule has 84 heavy (non-hydrogen) atoms. The molecule has 0 aliphatic heterocycles. The summed E-state index contributed by atoms with van der Waals surface area (Å²) in [4.78, 5) is 0. The fourth-order valence-corrected chi connectivity index (χ4v) is 12.5. The third kappa shape index (κ3) is 12.1. The van der Waals surface area contributed by atoms with Crippen LogP contribution in [0, 0.1) is 0 Å². The Morgan fingerprint density at radius 1 is 0.202 bits per heavy atom. The third-order valence-electron chi connectivity index (χ3n) is 16.9. The summed E-state index contributed by atoms with van der Waals surface area (Å²) >= 11 is 0. The van der Waals surface area contributed by atoms with E-state index >= 15 is 0 Å². The highest BCUT2D eigenvalue weighted by atomic mass is 14.2. The molecule has 0 amide bonds. The molecule has 14 aromatic carbocycles. The lowest BCUT2D eigenvalue weighted by atomic mass is 9.86. The molecule has 0 fully saturated rings. The van der Waals surface area contributed by atoms with E-state index in [9.17, 15) is 0 Å². The van der Waals surface area contributed by atoms with E-state index in [0.717, 1.165) is 25.7 Å². The molecule has 0 saturated carbocycles. The third-order valence-corrected chi connectivity index (χ3v) is 16.9. The largest absolute Gasteiger partial charge is 0.0795 e. The Morgan fingerprint density at radius 3 is 0.952 bits per heavy atom. The molecule has 18 rings (SSSR count). The van der Waals surface area contributed by atoms with Crippen LogP contribution in [0.15, 0.2) is 309 Å². The molecule has 0 nitrogen and oxygen atoms in total. The van der Waals surface area contributed by atoms with Gasteiger partial charge in [0.15, 0.2) is 0 Å². The highest BCUT2D eigenvalue weighted by Crippen LogP contribution is 2.34. The monoisotopic (exact) mass is 1070 g/mol. The van der Waals surface area contributed by atoms with Crippen molar-refractivity contribution in [1.29, 1.82) is 0 Å². The summed E-state index contributed by atoms with van der Waals surface area (Å²) in [6.07, 6.45) is 15.6. The van der Waals surface area contributed by atoms with Gasteiger partial charge in [0.2, 0.25) is 0 Å². The number of fused-ring (bicyclic) bond motifs is 15. The van der Waals surface area contributed by atoms with E-state index in [-0.39, 0.29) is 0 Å². The predicted molar refractivity (Wildman–Crippen MR) is 362 cm³/mol. The van der Waals surface area contributed by atoms with Gasteiger partial charge in [-0.05, 0) is 182 Å². The molecular formula is C84H66. The van der Waals surface area contributed by atoms with Gasteiger partial charge in [0.05, 0.1) is 0 Å². The van der Waals surface area contributed by atoms with Crippen LogP contribution in [0.4, 0.5) is 0 Å². The number of hydrogen-bond acceptors (Lipinski definition) is 0. The summed E-state index contributed by atoms with van der Waals surface area (Å²) in [5, 5.41) is 13.3. The number of rotatable bonds is 0. The summed E-state index contributed by atoms with van der Waals surface area (Å²) in [6, 6.07) is 108. The number of aryl methyl sites for hydroxylation is 2. The van der Waals surface area contributed by atoms with Gasteiger partial charge in [0.1, 0.15) is 0 Å². The Morgan fingerprint density at radius 2 is 0.512 bits per heavy atom. The van der Waals surface area contributed by atoms with Gasteiger partial charge in [-0.25, -0.2) is 0 Å². The van der Waals surface area contributed by atoms with Gasteiger partial charge >= 0.3 is 0 Å². The number of allylic oxidation sites excluding steroid dienone is 1. The molecule has 14 aromatic rings. The van der Waals surface area contributed by atoms with Crippen LogP contribution in [0.3, 0.4) is 0 Å². The highest BCUT2D eigenvalue weighted by molar-refractivity contribution is 6.07. The molecule has 0 heteroatoms. The molecule has 0 unspecified atom stereocenters. The lowest BCUT2D eigenvalue weighted by molar-refractivity contribution is 0.942. The van der Waals surface area contributed by atoms with Crippen LogP contribution < -0.4 is 0 Å². The Bertz CT molecular complexity index is 4330. The molecule has 4 aliphatic carbocycles. The predicted octanol–water partition coefficient (Wildman–Crippen LogP) is 21.8. The van der Waals surface area contributed by atoms with Crippen molar-refractivity contribution in [3.63, 3.8) is 0 Å². The maximum Gasteiger partial charge on any atom is -0.00139 e. The zero-order valence-corrected chi connectivity index (χ0v) is 47.4. The Labute approximate surface area is 495 Å². The van der Waals surface area contributed by atoms with Gasteiger partial charge in [0, 0.05) is 0 Å². The van der Waals surface area contributed by atoms with Gasteiger partial charge in [0.25, 0.3) is 0 Å². The van der Waals surface area contributed by atoms with Crippen LogP contribution in [0.25, 0.3) is 83.2 Å². The Hall–Kier alpha value is -10.1. The van der Waals surface area contributed by atoms with Crippen LogP contribution in [0.2, 0.25) is 0 Å². The van der Waals surface area contributed by atoms with Crippen LogP contribution in [-0.2, 0) is 38.5 Å². The zero-order chi connectivity index (χ0) is 56.3. The lowest BCUT2D eigenvalue weighted by Crippen LogP contribution is -2.06. The second-order valence-corrected chi connectivity index (χ2v) is 22.1. The van der Waals surface area contributed by atoms with E-state index in [2.05, 4.69) is 328 Å². The van der Waals surface area contributed by atoms with E-state index in [0.29, 0.717) is 0 Å². The van der Waals surface area contributed by atoms with Gasteiger partial charge in [-0.2, -0.15) is 0 Å². The minimum atomic E-state index is 1.04. The molecule has 0 heterocycles. The van der Waals surface area contributed by atoms with Crippen molar-refractivity contribution in [3.8, 4) is 11.1 Å². The second kappa shape index (κ2) is 25.3. The van der Waals surface area contributed by atoms with Gasteiger partial charge in [-0.3, -0.25) is 0 Å². The topological polar surface area (TPSA) is 0 Å². The normalized spacial score (nSPS) is 12.4. The molecule has 0 aromatic heterocycles. The Balaban J connectivity index is 0.0000000941. The smallest absolute Gasteiger partial charge is 0.00139 e. The Kier molecular flexibility index (Phi) is 16.0. The molecule has 4 aliphatic rings. The maximum absolute atomic E-state index is 2.24. The summed E-state index contributed by atoms with van der Waals surface area (Å²) < 4.78 is 0. The first kappa shape index (κ1) is 53.2. The van der Waals surface area contributed by atoms with E-state index in [1.54, 1.807) is 0 Å². The second-order valence-electron chi connectivity index (χ2n) is 22.1. The molecule has 0 atom stereocenters. The first-order valence-electron chi connectivity index (χ1n) is 29.7. The fourth-order valence-electron chi connectivity index (χ4n) is 12.5. The standard InChI is InChI=1S/C15H12.C14H12.C14H10.C14H12.C14H10.C13H10/c1-3-7-14-11-15-8-4-2-6-13(15)10-9-12(14)5-1;2*1-3-7-13-11(5-1)9-10-12-6-2-4-8-14(12)13;2*1-2-6-12-10-14-8-4-3-7-13(14)9-11(12)5-1;1-2-6-12-10(4-1)8-9-11-5-3-7-13(11)12/h1-10H,11H2;1-8H,9-10H2;1-10H;1-8H,9-10H2;1-10H;1-6,8-9H,7H2. The molecule has 0 radical (unpaired) electrons. The fraction of sp³-hybridized carbons (Fsp3) is 0.0714. The SMILES string of the molecule is C1=Cc2ccc3ccccc3c2C1.C1=Cc2ccccc2Cc2ccccc21.c1ccc2c(c1)CCc1ccccc1-2.c1ccc2c(c1)Cc1ccccc1C2.c1ccc2c(c1)ccc1ccccc12.c1ccc2cc3ccccc3cc2c1. The van der Waals surface area contributed by atoms with E-state index in [1.807, 2.05) is 0 Å². The van der Waals surface area contributed by atoms with Gasteiger partial charge in [-0.15, -0.1) is 0 Å². The summed E-state index contributed by atoms with van der Waals surface area (Å²) in [6.45, 7) is 0. The van der Waals surface area contributed by atoms with Crippen molar-refractivity contribution in [2.75, 3.05) is 0 Å². The van der Waals surface area contributed by atoms with Crippen molar-refractivity contribution in [1.82, 2.24) is 0 Å². The average molecular weight is 1080 g/mol. The quantitative estimate of drug-likeness (QED) is 0.105. The molecular weight excluding hydrogens is 1010 g/mol. The van der Waals surface area contributed by atoms with E-state index < -0.39 is 0 Å².